The lowest BCUT2D eigenvalue weighted by Gasteiger charge is -2.22. The van der Waals surface area contributed by atoms with Gasteiger partial charge in [0, 0.05) is 12.8 Å². The van der Waals surface area contributed by atoms with Crippen molar-refractivity contribution in [2.24, 2.45) is 0 Å². The van der Waals surface area contributed by atoms with Gasteiger partial charge in [-0.3, -0.25) is 9.59 Å². The van der Waals surface area contributed by atoms with Gasteiger partial charge in [0.2, 0.25) is 5.91 Å². The smallest absolute Gasteiger partial charge is 0.305 e. The first-order valence-electron chi connectivity index (χ1n) is 37.7. The van der Waals surface area contributed by atoms with Crippen LogP contribution >= 0.6 is 0 Å². The zero-order chi connectivity index (χ0) is 59.9. The summed E-state index contributed by atoms with van der Waals surface area (Å²) in [6.45, 7) is 4.95. The number of hydrogen-bond donors (Lipinski definition) is 3. The molecule has 3 N–H and O–H groups in total. The third-order valence-corrected chi connectivity index (χ3v) is 17.7. The summed E-state index contributed by atoms with van der Waals surface area (Å²) < 4.78 is 5.47. The fourth-order valence-electron chi connectivity index (χ4n) is 11.9. The van der Waals surface area contributed by atoms with E-state index in [4.69, 9.17) is 4.74 Å². The highest BCUT2D eigenvalue weighted by Gasteiger charge is 2.20. The van der Waals surface area contributed by atoms with Gasteiger partial charge in [-0.1, -0.05) is 365 Å². The number of carbonyl (C=O) groups is 2. The van der Waals surface area contributed by atoms with E-state index in [2.05, 4.69) is 55.6 Å². The van der Waals surface area contributed by atoms with Gasteiger partial charge in [-0.25, -0.2) is 0 Å². The Morgan fingerprint density at radius 2 is 0.614 bits per heavy atom. The normalized spacial score (nSPS) is 12.7. The van der Waals surface area contributed by atoms with E-state index in [0.29, 0.717) is 25.9 Å². The Labute approximate surface area is 519 Å². The van der Waals surface area contributed by atoms with Crippen molar-refractivity contribution >= 4 is 11.9 Å². The Balaban J connectivity index is 3.36. The lowest BCUT2D eigenvalue weighted by atomic mass is 10.0. The summed E-state index contributed by atoms with van der Waals surface area (Å²) in [7, 11) is 0. The quantitative estimate of drug-likeness (QED) is 0.0320. The van der Waals surface area contributed by atoms with Gasteiger partial charge in [-0.05, 0) is 77.0 Å². The van der Waals surface area contributed by atoms with Crippen LogP contribution in [0, 0.1) is 0 Å². The van der Waals surface area contributed by atoms with Crippen LogP contribution in [-0.2, 0) is 14.3 Å². The lowest BCUT2D eigenvalue weighted by Crippen LogP contribution is -2.45. The van der Waals surface area contributed by atoms with E-state index in [-0.39, 0.29) is 18.5 Å². The van der Waals surface area contributed by atoms with Crippen molar-refractivity contribution in [2.45, 2.75) is 431 Å². The molecule has 83 heavy (non-hydrogen) atoms. The molecule has 0 saturated heterocycles. The molecule has 0 aromatic heterocycles. The summed E-state index contributed by atoms with van der Waals surface area (Å²) >= 11 is 0. The number of amides is 1. The van der Waals surface area contributed by atoms with Gasteiger partial charge >= 0.3 is 5.97 Å². The molecule has 6 heteroatoms. The predicted octanol–water partition coefficient (Wildman–Crippen LogP) is 24.7. The van der Waals surface area contributed by atoms with Gasteiger partial charge < -0.3 is 20.3 Å². The molecule has 1 amide bonds. The average molecular weight is 1170 g/mol. The van der Waals surface area contributed by atoms with Crippen LogP contribution in [0.3, 0.4) is 0 Å². The van der Waals surface area contributed by atoms with Crippen LogP contribution in [0.5, 0.6) is 0 Å². The van der Waals surface area contributed by atoms with Crippen molar-refractivity contribution in [1.29, 1.82) is 0 Å². The van der Waals surface area contributed by atoms with Crippen molar-refractivity contribution in [3.63, 3.8) is 0 Å². The van der Waals surface area contributed by atoms with Gasteiger partial charge in [0.05, 0.1) is 25.4 Å². The highest BCUT2D eigenvalue weighted by Crippen LogP contribution is 2.19. The molecule has 0 heterocycles. The van der Waals surface area contributed by atoms with E-state index in [1.807, 2.05) is 0 Å². The number of carbonyl (C=O) groups excluding carboxylic acids is 2. The maximum absolute atomic E-state index is 12.5. The largest absolute Gasteiger partial charge is 0.466 e. The maximum atomic E-state index is 12.5. The minimum absolute atomic E-state index is 0.00798. The number of esters is 1. The minimum Gasteiger partial charge on any atom is -0.466 e. The summed E-state index contributed by atoms with van der Waals surface area (Å²) in [5.74, 6) is -0.0203. The molecule has 0 aliphatic heterocycles. The third-order valence-electron chi connectivity index (χ3n) is 17.7. The zero-order valence-corrected chi connectivity index (χ0v) is 56.2. The zero-order valence-electron chi connectivity index (χ0n) is 56.2. The van der Waals surface area contributed by atoms with Crippen molar-refractivity contribution in [3.8, 4) is 0 Å². The molecule has 0 bridgehead atoms. The number of allylic oxidation sites excluding steroid dienone is 6. The molecule has 6 nitrogen and oxygen atoms in total. The van der Waals surface area contributed by atoms with Crippen LogP contribution in [0.1, 0.15) is 418 Å². The second-order valence-electron chi connectivity index (χ2n) is 26.0. The topological polar surface area (TPSA) is 95.9 Å². The number of aliphatic hydroxyl groups excluding tert-OH is 2. The molecule has 490 valence electrons. The lowest BCUT2D eigenvalue weighted by molar-refractivity contribution is -0.143. The minimum atomic E-state index is -0.663. The summed E-state index contributed by atoms with van der Waals surface area (Å²) in [5, 5.41) is 23.4. The van der Waals surface area contributed by atoms with E-state index in [9.17, 15) is 19.8 Å². The van der Waals surface area contributed by atoms with Crippen molar-refractivity contribution < 1.29 is 24.5 Å². The SMILES string of the molecule is CCCC/C=C\CCCCCCCC(=O)OCCCCCCCCCCCCCCC/C=C\C/C=C\CCCCCCCCCCCCCCCCCCCC(=O)NC(CO)C(O)CCCCCCCCCCCCCCCCCCCC. The van der Waals surface area contributed by atoms with Crippen LogP contribution in [0.15, 0.2) is 36.5 Å². The maximum Gasteiger partial charge on any atom is 0.305 e. The van der Waals surface area contributed by atoms with Crippen molar-refractivity contribution in [2.75, 3.05) is 13.2 Å². The first-order valence-corrected chi connectivity index (χ1v) is 37.7. The highest BCUT2D eigenvalue weighted by atomic mass is 16.5. The Kier molecular flexibility index (Phi) is 70.9. The monoisotopic (exact) mass is 1170 g/mol. The fraction of sp³-hybridized carbons (Fsp3) is 0.896. The Hall–Kier alpha value is -1.92. The summed E-state index contributed by atoms with van der Waals surface area (Å²) in [6, 6.07) is -0.540. The molecule has 0 rings (SSSR count). The molecule has 0 radical (unpaired) electrons. The molecule has 2 atom stereocenters. The van der Waals surface area contributed by atoms with Gasteiger partial charge in [-0.15, -0.1) is 0 Å². The number of ether oxygens (including phenoxy) is 1. The highest BCUT2D eigenvalue weighted by molar-refractivity contribution is 5.76. The third kappa shape index (κ3) is 69.1. The molecule has 2 unspecified atom stereocenters. The second-order valence-corrected chi connectivity index (χ2v) is 26.0. The van der Waals surface area contributed by atoms with E-state index in [1.165, 1.54) is 334 Å². The van der Waals surface area contributed by atoms with Crippen LogP contribution < -0.4 is 5.32 Å². The van der Waals surface area contributed by atoms with E-state index in [1.54, 1.807) is 0 Å². The Morgan fingerprint density at radius 1 is 0.337 bits per heavy atom. The number of aliphatic hydroxyl groups is 2. The summed E-state index contributed by atoms with van der Waals surface area (Å²) in [5.41, 5.74) is 0. The van der Waals surface area contributed by atoms with Crippen molar-refractivity contribution in [3.05, 3.63) is 36.5 Å². The fourth-order valence-corrected chi connectivity index (χ4v) is 11.9. The number of hydrogen-bond acceptors (Lipinski definition) is 5. The molecule has 0 aromatic rings. The summed E-state index contributed by atoms with van der Waals surface area (Å²) in [6.07, 6.45) is 93.7. The average Bonchev–Trinajstić information content (AvgIpc) is 3.49. The Morgan fingerprint density at radius 3 is 0.964 bits per heavy atom. The molecule has 0 fully saturated rings. The molecular weight excluding hydrogens is 1020 g/mol. The summed E-state index contributed by atoms with van der Waals surface area (Å²) in [4.78, 5) is 24.5. The molecule has 0 spiro atoms. The number of unbranched alkanes of at least 4 members (excludes halogenated alkanes) is 54. The van der Waals surface area contributed by atoms with Gasteiger partial charge in [-0.2, -0.15) is 0 Å². The van der Waals surface area contributed by atoms with Crippen molar-refractivity contribution in [1.82, 2.24) is 5.32 Å². The van der Waals surface area contributed by atoms with Gasteiger partial charge in [0.1, 0.15) is 0 Å². The predicted molar refractivity (Wildman–Crippen MR) is 366 cm³/mol. The van der Waals surface area contributed by atoms with Crippen LogP contribution in [-0.4, -0.2) is 47.4 Å². The molecule has 0 aromatic carbocycles. The number of rotatable bonds is 71. The first kappa shape index (κ1) is 81.1. The van der Waals surface area contributed by atoms with Gasteiger partial charge in [0.15, 0.2) is 0 Å². The van der Waals surface area contributed by atoms with Gasteiger partial charge in [0.25, 0.3) is 0 Å². The molecule has 0 aliphatic rings. The Bertz CT molecular complexity index is 1340. The molecule has 0 saturated carbocycles. The van der Waals surface area contributed by atoms with Crippen LogP contribution in [0.4, 0.5) is 0 Å². The van der Waals surface area contributed by atoms with E-state index < -0.39 is 12.1 Å². The molecule has 0 aliphatic carbocycles. The standard InChI is InChI=1S/C77H147NO5/c1-3-5-7-9-11-13-15-16-17-18-40-43-46-50-53-57-61-65-69-75(80)74(73-79)78-76(81)70-66-62-58-54-51-47-44-41-38-36-34-32-30-28-26-24-22-20-19-21-23-25-27-29-31-33-35-37-39-42-45-48-52-56-60-64-68-72-83-77(82)71-67-63-59-55-49-14-12-10-8-6-4-2/h10,12,19,21,25,27,74-75,79-80H,3-9,11,13-18,20,22-24,26,28-73H2,1-2H3,(H,78,81)/b12-10-,21-19-,27-25-. The first-order chi connectivity index (χ1) is 41.0. The molecular formula is C77H147NO5. The van der Waals surface area contributed by atoms with Crippen LogP contribution in [0.2, 0.25) is 0 Å². The van der Waals surface area contributed by atoms with E-state index in [0.717, 1.165) is 51.4 Å². The van der Waals surface area contributed by atoms with E-state index >= 15 is 0 Å². The second kappa shape index (κ2) is 72.6. The van der Waals surface area contributed by atoms with Crippen LogP contribution in [0.25, 0.3) is 0 Å². The number of nitrogens with one attached hydrogen (secondary N) is 1.